The van der Waals surface area contributed by atoms with Crippen molar-refractivity contribution in [1.82, 2.24) is 10.2 Å². The molecule has 3 nitrogen and oxygen atoms in total. The largest absolute Gasteiger partial charge is 0.335 e. The van der Waals surface area contributed by atoms with E-state index in [2.05, 4.69) is 29.3 Å². The van der Waals surface area contributed by atoms with E-state index in [1.54, 1.807) is 0 Å². The van der Waals surface area contributed by atoms with Crippen LogP contribution in [0, 0.1) is 6.92 Å². The summed E-state index contributed by atoms with van der Waals surface area (Å²) in [6.45, 7) is 4.10. The molecule has 1 aromatic carbocycles. The molecule has 0 saturated carbocycles. The lowest BCUT2D eigenvalue weighted by Crippen LogP contribution is -2.43. The van der Waals surface area contributed by atoms with Crippen molar-refractivity contribution < 1.29 is 4.79 Å². The molecule has 2 heterocycles. The van der Waals surface area contributed by atoms with E-state index in [-0.39, 0.29) is 12.4 Å². The van der Waals surface area contributed by atoms with Gasteiger partial charge in [-0.25, -0.2) is 0 Å². The van der Waals surface area contributed by atoms with Crippen LogP contribution in [0.3, 0.4) is 0 Å². The van der Waals surface area contributed by atoms with Crippen molar-refractivity contribution in [3.05, 3.63) is 35.4 Å². The lowest BCUT2D eigenvalue weighted by molar-refractivity contribution is -0.133. The summed E-state index contributed by atoms with van der Waals surface area (Å²) in [6, 6.07) is 9.10. The third-order valence-corrected chi connectivity index (χ3v) is 4.55. The van der Waals surface area contributed by atoms with E-state index < -0.39 is 0 Å². The maximum absolute atomic E-state index is 12.6. The van der Waals surface area contributed by atoms with Gasteiger partial charge in [0.15, 0.2) is 0 Å². The number of amides is 1. The second kappa shape index (κ2) is 6.59. The summed E-state index contributed by atoms with van der Waals surface area (Å²) in [5.41, 5.74) is 2.39. The number of aryl methyl sites for hydroxylation is 1. The first-order valence-corrected chi connectivity index (χ1v) is 7.32. The van der Waals surface area contributed by atoms with Gasteiger partial charge in [-0.05, 0) is 43.9 Å². The molecule has 2 atom stereocenters. The zero-order chi connectivity index (χ0) is 13.2. The Hall–Kier alpha value is -1.06. The number of nitrogens with one attached hydrogen (secondary N) is 1. The first-order chi connectivity index (χ1) is 9.25. The van der Waals surface area contributed by atoms with Gasteiger partial charge in [0, 0.05) is 18.6 Å². The lowest BCUT2D eigenvalue weighted by atomic mass is 10.0. The fraction of sp³-hybridized carbons (Fsp3) is 0.562. The molecule has 20 heavy (non-hydrogen) atoms. The molecule has 110 valence electrons. The average molecular weight is 295 g/mol. The molecule has 1 aromatic rings. The van der Waals surface area contributed by atoms with Gasteiger partial charge < -0.3 is 10.2 Å². The normalized spacial score (nSPS) is 24.9. The minimum Gasteiger partial charge on any atom is -0.335 e. The van der Waals surface area contributed by atoms with Crippen LogP contribution in [-0.4, -0.2) is 36.0 Å². The van der Waals surface area contributed by atoms with Crippen LogP contribution in [-0.2, 0) is 11.2 Å². The van der Waals surface area contributed by atoms with E-state index in [0.29, 0.717) is 24.4 Å². The number of nitrogens with zero attached hydrogens (tertiary/aromatic N) is 1. The van der Waals surface area contributed by atoms with Crippen molar-refractivity contribution in [1.29, 1.82) is 0 Å². The van der Waals surface area contributed by atoms with Gasteiger partial charge in [-0.1, -0.05) is 24.3 Å². The van der Waals surface area contributed by atoms with Gasteiger partial charge in [0.05, 0.1) is 6.42 Å². The third kappa shape index (κ3) is 2.99. The Morgan fingerprint density at radius 3 is 2.80 bits per heavy atom. The molecule has 2 saturated heterocycles. The minimum atomic E-state index is 0. The second-order valence-electron chi connectivity index (χ2n) is 5.78. The molecule has 2 fully saturated rings. The molecular weight excluding hydrogens is 272 g/mol. The SMILES string of the molecule is Cc1ccccc1CC(=O)N1C2CCNCC1CC2.Cl. The molecule has 3 rings (SSSR count). The summed E-state index contributed by atoms with van der Waals surface area (Å²) in [6.07, 6.45) is 4.01. The van der Waals surface area contributed by atoms with Gasteiger partial charge >= 0.3 is 0 Å². The molecule has 0 aromatic heterocycles. The van der Waals surface area contributed by atoms with Crippen LogP contribution >= 0.6 is 12.4 Å². The van der Waals surface area contributed by atoms with Gasteiger partial charge in [0.25, 0.3) is 0 Å². The summed E-state index contributed by atoms with van der Waals surface area (Å²) in [5, 5.41) is 3.44. The van der Waals surface area contributed by atoms with Crippen LogP contribution < -0.4 is 5.32 Å². The molecule has 0 spiro atoms. The monoisotopic (exact) mass is 294 g/mol. The number of carbonyl (C=O) groups is 1. The van der Waals surface area contributed by atoms with E-state index in [9.17, 15) is 4.79 Å². The predicted molar refractivity (Wildman–Crippen MR) is 83.3 cm³/mol. The highest BCUT2D eigenvalue weighted by Crippen LogP contribution is 2.28. The average Bonchev–Trinajstić information content (AvgIpc) is 2.66. The summed E-state index contributed by atoms with van der Waals surface area (Å²) in [5.74, 6) is 0.311. The molecular formula is C16H23ClN2O. The van der Waals surface area contributed by atoms with E-state index in [1.165, 1.54) is 17.5 Å². The van der Waals surface area contributed by atoms with E-state index in [4.69, 9.17) is 0 Å². The van der Waals surface area contributed by atoms with Crippen molar-refractivity contribution in [2.75, 3.05) is 13.1 Å². The molecule has 4 heteroatoms. The van der Waals surface area contributed by atoms with E-state index in [1.807, 2.05) is 12.1 Å². The van der Waals surface area contributed by atoms with Gasteiger partial charge in [-0.3, -0.25) is 4.79 Å². The molecule has 1 amide bonds. The first-order valence-electron chi connectivity index (χ1n) is 7.32. The molecule has 2 aliphatic heterocycles. The quantitative estimate of drug-likeness (QED) is 0.908. The Bertz CT molecular complexity index is 463. The zero-order valence-electron chi connectivity index (χ0n) is 12.0. The maximum Gasteiger partial charge on any atom is 0.227 e. The maximum atomic E-state index is 12.6. The predicted octanol–water partition coefficient (Wildman–Crippen LogP) is 2.31. The topological polar surface area (TPSA) is 32.3 Å². The highest BCUT2D eigenvalue weighted by molar-refractivity contribution is 5.85. The number of rotatable bonds is 2. The summed E-state index contributed by atoms with van der Waals surface area (Å²) < 4.78 is 0. The number of fused-ring (bicyclic) bond motifs is 2. The standard InChI is InChI=1S/C16H22N2O.ClH/c1-12-4-2-3-5-13(12)10-16(19)18-14-6-7-15(18)11-17-9-8-14;/h2-5,14-15,17H,6-11H2,1H3;1H. The van der Waals surface area contributed by atoms with Crippen molar-refractivity contribution in [2.45, 2.75) is 44.7 Å². The van der Waals surface area contributed by atoms with E-state index in [0.717, 1.165) is 25.9 Å². The molecule has 0 radical (unpaired) electrons. The van der Waals surface area contributed by atoms with Crippen LogP contribution in [0.1, 0.15) is 30.4 Å². The van der Waals surface area contributed by atoms with Crippen molar-refractivity contribution in [2.24, 2.45) is 0 Å². The fourth-order valence-corrected chi connectivity index (χ4v) is 3.45. The Kier molecular flexibility index (Phi) is 5.06. The number of hydrogen-bond acceptors (Lipinski definition) is 2. The Morgan fingerprint density at radius 2 is 2.00 bits per heavy atom. The Morgan fingerprint density at radius 1 is 1.25 bits per heavy atom. The van der Waals surface area contributed by atoms with Crippen molar-refractivity contribution >= 4 is 18.3 Å². The fourth-order valence-electron chi connectivity index (χ4n) is 3.45. The van der Waals surface area contributed by atoms with Crippen molar-refractivity contribution in [3.8, 4) is 0 Å². The highest BCUT2D eigenvalue weighted by atomic mass is 35.5. The summed E-state index contributed by atoms with van der Waals surface area (Å²) >= 11 is 0. The van der Waals surface area contributed by atoms with Crippen LogP contribution in [0.2, 0.25) is 0 Å². The summed E-state index contributed by atoms with van der Waals surface area (Å²) in [7, 11) is 0. The number of benzene rings is 1. The highest BCUT2D eigenvalue weighted by Gasteiger charge is 2.37. The molecule has 2 aliphatic rings. The third-order valence-electron chi connectivity index (χ3n) is 4.55. The molecule has 1 N–H and O–H groups in total. The second-order valence-corrected chi connectivity index (χ2v) is 5.78. The van der Waals surface area contributed by atoms with E-state index >= 15 is 0 Å². The van der Waals surface area contributed by atoms with Crippen LogP contribution in [0.4, 0.5) is 0 Å². The molecule has 2 bridgehead atoms. The van der Waals surface area contributed by atoms with Gasteiger partial charge in [-0.2, -0.15) is 0 Å². The zero-order valence-corrected chi connectivity index (χ0v) is 12.8. The minimum absolute atomic E-state index is 0. The van der Waals surface area contributed by atoms with Gasteiger partial charge in [0.2, 0.25) is 5.91 Å². The number of halogens is 1. The summed E-state index contributed by atoms with van der Waals surface area (Å²) in [4.78, 5) is 14.8. The van der Waals surface area contributed by atoms with Gasteiger partial charge in [-0.15, -0.1) is 12.4 Å². The first kappa shape index (κ1) is 15.3. The molecule has 2 unspecified atom stereocenters. The van der Waals surface area contributed by atoms with Crippen LogP contribution in [0.25, 0.3) is 0 Å². The Labute approximate surface area is 127 Å². The number of hydrogen-bond donors (Lipinski definition) is 1. The van der Waals surface area contributed by atoms with Crippen LogP contribution in [0.5, 0.6) is 0 Å². The Balaban J connectivity index is 0.00000147. The van der Waals surface area contributed by atoms with Crippen molar-refractivity contribution in [3.63, 3.8) is 0 Å². The molecule has 0 aliphatic carbocycles. The lowest BCUT2D eigenvalue weighted by Gasteiger charge is -2.28. The van der Waals surface area contributed by atoms with Crippen LogP contribution in [0.15, 0.2) is 24.3 Å². The number of carbonyl (C=O) groups excluding carboxylic acids is 1. The van der Waals surface area contributed by atoms with Gasteiger partial charge in [0.1, 0.15) is 0 Å². The smallest absolute Gasteiger partial charge is 0.227 e.